The molecule has 2 N–H and O–H groups in total. The van der Waals surface area contributed by atoms with Crippen LogP contribution < -0.4 is 7.06 Å². The number of ether oxygens (including phenoxy) is 2. The van der Waals surface area contributed by atoms with Crippen LogP contribution in [0.2, 0.25) is 0 Å². The predicted octanol–water partition coefficient (Wildman–Crippen LogP) is 0.458. The van der Waals surface area contributed by atoms with E-state index in [1.165, 1.54) is 0 Å². The summed E-state index contributed by atoms with van der Waals surface area (Å²) in [4.78, 5) is 23.5. The summed E-state index contributed by atoms with van der Waals surface area (Å²) in [6.45, 7) is 4.22. The van der Waals surface area contributed by atoms with E-state index < -0.39 is 37.9 Å². The van der Waals surface area contributed by atoms with E-state index in [0.717, 1.165) is 0 Å². The van der Waals surface area contributed by atoms with Crippen LogP contribution in [-0.4, -0.2) is 28.3 Å². The summed E-state index contributed by atoms with van der Waals surface area (Å²) in [5.74, 6) is -0.710. The molecule has 3 fully saturated rings. The average Bonchev–Trinajstić information content (AvgIpc) is 3.12. The maximum absolute atomic E-state index is 12.2. The van der Waals surface area contributed by atoms with Gasteiger partial charge in [-0.2, -0.15) is 0 Å². The third-order valence-electron chi connectivity index (χ3n) is 3.72. The molecule has 17 heavy (non-hydrogen) atoms. The van der Waals surface area contributed by atoms with E-state index in [1.807, 2.05) is 13.8 Å². The first-order chi connectivity index (χ1) is 8.03. The summed E-state index contributed by atoms with van der Waals surface area (Å²) in [5, 5.41) is 0. The summed E-state index contributed by atoms with van der Waals surface area (Å²) in [6.07, 6.45) is 0.465. The van der Waals surface area contributed by atoms with Crippen molar-refractivity contribution >= 4 is 32.3 Å². The normalized spacial score (nSPS) is 33.4. The van der Waals surface area contributed by atoms with Crippen molar-refractivity contribution in [3.8, 4) is 0 Å². The summed E-state index contributed by atoms with van der Waals surface area (Å²) in [7, 11) is 0. The Morgan fingerprint density at radius 1 is 1.71 bits per heavy atom. The number of carbonyl (C=O) groups is 2. The topological polar surface area (TPSA) is 96.5 Å². The van der Waals surface area contributed by atoms with Crippen molar-refractivity contribution in [2.24, 2.45) is 5.41 Å². The number of hydrogen-bond donors (Lipinski definition) is 2. The van der Waals surface area contributed by atoms with Crippen molar-refractivity contribution in [2.45, 2.75) is 36.5 Å². The van der Waals surface area contributed by atoms with Crippen molar-refractivity contribution in [1.82, 2.24) is 7.06 Å². The maximum atomic E-state index is 12.2. The molecule has 0 bridgehead atoms. The van der Waals surface area contributed by atoms with Crippen LogP contribution in [0.5, 0.6) is 0 Å². The molecule has 0 radical (unpaired) electrons. The predicted molar refractivity (Wildman–Crippen MR) is 66.9 cm³/mol. The Morgan fingerprint density at radius 2 is 2.35 bits per heavy atom. The molecule has 0 aliphatic carbocycles. The molecule has 7 heteroatoms. The molecule has 6 nitrogen and oxygen atoms in total. The average molecular weight is 354 g/mol. The third kappa shape index (κ3) is 1.52. The standard InChI is InChI=1S/C10H15IN2O4/c1-3-9(2,10-11(12-10)13-10)8(15)17-6-4-5-16-7(6)14/h6,12-13H,3-5H2,1-2H3. The summed E-state index contributed by atoms with van der Waals surface area (Å²) in [6, 6.07) is 0. The van der Waals surface area contributed by atoms with E-state index in [2.05, 4.69) is 7.06 Å². The van der Waals surface area contributed by atoms with Gasteiger partial charge in [0.1, 0.15) is 0 Å². The number of rotatable bonds is 4. The van der Waals surface area contributed by atoms with Gasteiger partial charge in [0, 0.05) is 0 Å². The second-order valence-electron chi connectivity index (χ2n) is 4.67. The number of hydrogen-bond acceptors (Lipinski definition) is 6. The van der Waals surface area contributed by atoms with Gasteiger partial charge in [0.2, 0.25) is 0 Å². The molecular weight excluding hydrogens is 339 g/mol. The molecule has 3 aliphatic rings. The fourth-order valence-electron chi connectivity index (χ4n) is 2.01. The zero-order valence-corrected chi connectivity index (χ0v) is 11.9. The Balaban J connectivity index is 1.70. The van der Waals surface area contributed by atoms with Gasteiger partial charge < -0.3 is 0 Å². The van der Waals surface area contributed by atoms with Gasteiger partial charge in [-0.1, -0.05) is 0 Å². The van der Waals surface area contributed by atoms with E-state index in [-0.39, 0.29) is 9.64 Å². The molecule has 0 aromatic rings. The fraction of sp³-hybridized carbons (Fsp3) is 0.800. The summed E-state index contributed by atoms with van der Waals surface area (Å²) >= 11 is -1.20. The second kappa shape index (κ2) is 3.55. The van der Waals surface area contributed by atoms with Gasteiger partial charge in [-0.05, 0) is 0 Å². The van der Waals surface area contributed by atoms with Gasteiger partial charge >= 0.3 is 107 Å². The number of nitrogens with one attached hydrogen (secondary N) is 2. The van der Waals surface area contributed by atoms with Crippen LogP contribution in [0.4, 0.5) is 0 Å². The molecule has 3 rings (SSSR count). The Hall–Kier alpha value is -0.410. The molecule has 0 saturated carbocycles. The van der Waals surface area contributed by atoms with E-state index in [4.69, 9.17) is 9.47 Å². The molecule has 2 atom stereocenters. The van der Waals surface area contributed by atoms with Crippen LogP contribution in [0.3, 0.4) is 0 Å². The zero-order chi connectivity index (χ0) is 12.3. The fourth-order valence-corrected chi connectivity index (χ4v) is 7.65. The van der Waals surface area contributed by atoms with Crippen LogP contribution in [0.25, 0.3) is 0 Å². The van der Waals surface area contributed by atoms with Crippen molar-refractivity contribution < 1.29 is 19.1 Å². The van der Waals surface area contributed by atoms with Crippen molar-refractivity contribution in [1.29, 1.82) is 0 Å². The number of alkyl halides is 1. The van der Waals surface area contributed by atoms with Gasteiger partial charge in [0.05, 0.1) is 0 Å². The minimum absolute atomic E-state index is 0.134. The monoisotopic (exact) mass is 354 g/mol. The second-order valence-corrected chi connectivity index (χ2v) is 8.98. The van der Waals surface area contributed by atoms with E-state index >= 15 is 0 Å². The Morgan fingerprint density at radius 3 is 2.76 bits per heavy atom. The molecule has 3 heterocycles. The van der Waals surface area contributed by atoms with Gasteiger partial charge in [0.15, 0.2) is 0 Å². The molecule has 0 aromatic carbocycles. The van der Waals surface area contributed by atoms with Crippen LogP contribution in [0.1, 0.15) is 26.7 Å². The number of fused-ring (bicyclic) bond motifs is 1. The number of cyclic esters (lactones) is 1. The molecule has 0 aromatic heterocycles. The Kier molecular flexibility index (Phi) is 2.43. The van der Waals surface area contributed by atoms with Crippen molar-refractivity contribution in [3.63, 3.8) is 0 Å². The molecule has 0 spiro atoms. The van der Waals surface area contributed by atoms with Crippen LogP contribution >= 0.6 is 20.4 Å². The van der Waals surface area contributed by atoms with Gasteiger partial charge in [-0.25, -0.2) is 0 Å². The zero-order valence-electron chi connectivity index (χ0n) is 9.71. The minimum atomic E-state index is -1.20. The number of carbonyl (C=O) groups excluding carboxylic acids is 2. The van der Waals surface area contributed by atoms with Crippen LogP contribution in [0.15, 0.2) is 0 Å². The molecular formula is C10H15IN2O4. The number of esters is 2. The first-order valence-corrected chi connectivity index (χ1v) is 8.90. The molecule has 96 valence electrons. The van der Waals surface area contributed by atoms with Crippen molar-refractivity contribution in [3.05, 3.63) is 0 Å². The van der Waals surface area contributed by atoms with E-state index in [0.29, 0.717) is 19.4 Å². The van der Waals surface area contributed by atoms with Gasteiger partial charge in [-0.3, -0.25) is 0 Å². The Labute approximate surface area is 107 Å². The van der Waals surface area contributed by atoms with Crippen molar-refractivity contribution in [2.75, 3.05) is 6.61 Å². The molecule has 2 unspecified atom stereocenters. The Bertz CT molecular complexity index is 396. The summed E-state index contributed by atoms with van der Waals surface area (Å²) in [5.41, 5.74) is -0.555. The first kappa shape index (κ1) is 11.7. The molecule has 3 saturated heterocycles. The summed E-state index contributed by atoms with van der Waals surface area (Å²) < 4.78 is 16.6. The molecule has 3 aliphatic heterocycles. The quantitative estimate of drug-likeness (QED) is 0.190. The SMILES string of the molecule is CCC(C)(C(=O)OC1CCOC1=O)C12NI1N2. The van der Waals surface area contributed by atoms with Crippen LogP contribution in [-0.2, 0) is 19.1 Å². The first-order valence-electron chi connectivity index (χ1n) is 5.67. The van der Waals surface area contributed by atoms with Crippen LogP contribution in [0, 0.1) is 5.41 Å². The number of halogens is 1. The van der Waals surface area contributed by atoms with Gasteiger partial charge in [-0.15, -0.1) is 0 Å². The van der Waals surface area contributed by atoms with E-state index in [9.17, 15) is 9.59 Å². The molecule has 0 amide bonds. The van der Waals surface area contributed by atoms with E-state index in [1.54, 1.807) is 0 Å². The van der Waals surface area contributed by atoms with Gasteiger partial charge in [0.25, 0.3) is 0 Å². The third-order valence-corrected chi connectivity index (χ3v) is 8.68.